The molecule has 0 spiro atoms. The third-order valence-electron chi connectivity index (χ3n) is 2.62. The predicted octanol–water partition coefficient (Wildman–Crippen LogP) is 1.78. The summed E-state index contributed by atoms with van der Waals surface area (Å²) in [5, 5.41) is 3.36. The molecule has 0 unspecified atom stereocenters. The first-order chi connectivity index (χ1) is 7.40. The van der Waals surface area contributed by atoms with E-state index in [2.05, 4.69) is 17.4 Å². The predicted molar refractivity (Wildman–Crippen MR) is 66.5 cm³/mol. The maximum absolute atomic E-state index is 5.56. The first-order valence-electron chi connectivity index (χ1n) is 5.34. The molecule has 3 nitrogen and oxygen atoms in total. The maximum atomic E-state index is 5.56. The molecule has 4 heteroatoms. The Morgan fingerprint density at radius 3 is 2.94 bits per heavy atom. The van der Waals surface area contributed by atoms with Crippen molar-refractivity contribution in [3.8, 4) is 5.75 Å². The van der Waals surface area contributed by atoms with Crippen LogP contribution in [0.3, 0.4) is 0 Å². The average molecular weight is 244 g/mol. The van der Waals surface area contributed by atoms with Crippen LogP contribution in [0.5, 0.6) is 5.75 Å². The number of rotatable bonds is 4. The van der Waals surface area contributed by atoms with Gasteiger partial charge in [-0.1, -0.05) is 6.07 Å². The van der Waals surface area contributed by atoms with E-state index in [-0.39, 0.29) is 12.4 Å². The van der Waals surface area contributed by atoms with Crippen LogP contribution in [0.2, 0.25) is 0 Å². The fourth-order valence-electron chi connectivity index (χ4n) is 1.79. The summed E-state index contributed by atoms with van der Waals surface area (Å²) in [7, 11) is 1.68. The van der Waals surface area contributed by atoms with Crippen LogP contribution in [0.25, 0.3) is 0 Å². The Morgan fingerprint density at radius 2 is 2.12 bits per heavy atom. The van der Waals surface area contributed by atoms with E-state index in [9.17, 15) is 0 Å². The minimum atomic E-state index is 0. The molecule has 0 aliphatic carbocycles. The summed E-state index contributed by atoms with van der Waals surface area (Å²) in [6, 6.07) is 6.33. The molecule has 1 aromatic carbocycles. The molecule has 2 rings (SSSR count). The highest BCUT2D eigenvalue weighted by molar-refractivity contribution is 5.85. The minimum Gasteiger partial charge on any atom is -0.491 e. The van der Waals surface area contributed by atoms with Crippen LogP contribution >= 0.6 is 12.4 Å². The summed E-state index contributed by atoms with van der Waals surface area (Å²) < 4.78 is 10.5. The molecule has 1 aliphatic heterocycles. The molecule has 0 aromatic heterocycles. The van der Waals surface area contributed by atoms with E-state index in [0.29, 0.717) is 13.2 Å². The Labute approximate surface area is 103 Å². The first-order valence-corrected chi connectivity index (χ1v) is 5.34. The Kier molecular flexibility index (Phi) is 5.60. The standard InChI is InChI=1S/C12H17NO2.ClH/c1-14-6-7-15-12-3-2-10-4-5-13-9-11(10)8-12;/h2-3,8,13H,4-7,9H2,1H3;1H. The summed E-state index contributed by atoms with van der Waals surface area (Å²) in [5.41, 5.74) is 2.80. The van der Waals surface area contributed by atoms with Crippen molar-refractivity contribution in [2.45, 2.75) is 13.0 Å². The van der Waals surface area contributed by atoms with Crippen molar-refractivity contribution in [2.24, 2.45) is 0 Å². The number of ether oxygens (including phenoxy) is 2. The van der Waals surface area contributed by atoms with Crippen LogP contribution in [0, 0.1) is 0 Å². The number of benzene rings is 1. The molecule has 1 aliphatic rings. The lowest BCUT2D eigenvalue weighted by Crippen LogP contribution is -2.23. The SMILES string of the molecule is COCCOc1ccc2c(c1)CNCC2.Cl. The summed E-state index contributed by atoms with van der Waals surface area (Å²) in [6.07, 6.45) is 1.12. The molecule has 0 fully saturated rings. The molecule has 0 saturated carbocycles. The molecule has 1 aromatic rings. The van der Waals surface area contributed by atoms with Crippen molar-refractivity contribution in [1.82, 2.24) is 5.32 Å². The highest BCUT2D eigenvalue weighted by Crippen LogP contribution is 2.20. The van der Waals surface area contributed by atoms with Crippen molar-refractivity contribution < 1.29 is 9.47 Å². The average Bonchev–Trinajstić information content (AvgIpc) is 2.29. The van der Waals surface area contributed by atoms with E-state index in [1.165, 1.54) is 11.1 Å². The van der Waals surface area contributed by atoms with Gasteiger partial charge in [-0.05, 0) is 36.2 Å². The number of nitrogens with one attached hydrogen (secondary N) is 1. The van der Waals surface area contributed by atoms with Gasteiger partial charge in [-0.25, -0.2) is 0 Å². The molecule has 16 heavy (non-hydrogen) atoms. The Balaban J connectivity index is 0.00000128. The van der Waals surface area contributed by atoms with Crippen LogP contribution in [-0.4, -0.2) is 26.9 Å². The van der Waals surface area contributed by atoms with E-state index in [1.807, 2.05) is 6.07 Å². The van der Waals surface area contributed by atoms with Crippen LogP contribution in [0.4, 0.5) is 0 Å². The van der Waals surface area contributed by atoms with Crippen LogP contribution in [0.15, 0.2) is 18.2 Å². The van der Waals surface area contributed by atoms with Crippen LogP contribution in [-0.2, 0) is 17.7 Å². The van der Waals surface area contributed by atoms with Gasteiger partial charge in [-0.15, -0.1) is 12.4 Å². The Bertz CT molecular complexity index is 331. The highest BCUT2D eigenvalue weighted by atomic mass is 35.5. The molecule has 0 atom stereocenters. The Morgan fingerprint density at radius 1 is 1.25 bits per heavy atom. The lowest BCUT2D eigenvalue weighted by Gasteiger charge is -2.17. The minimum absolute atomic E-state index is 0. The number of hydrogen-bond donors (Lipinski definition) is 1. The topological polar surface area (TPSA) is 30.5 Å². The van der Waals surface area contributed by atoms with E-state index >= 15 is 0 Å². The van der Waals surface area contributed by atoms with Crippen molar-refractivity contribution >= 4 is 12.4 Å². The van der Waals surface area contributed by atoms with Gasteiger partial charge in [-0.2, -0.15) is 0 Å². The summed E-state index contributed by atoms with van der Waals surface area (Å²) in [6.45, 7) is 3.28. The highest BCUT2D eigenvalue weighted by Gasteiger charge is 2.08. The monoisotopic (exact) mass is 243 g/mol. The van der Waals surface area contributed by atoms with Gasteiger partial charge in [-0.3, -0.25) is 0 Å². The van der Waals surface area contributed by atoms with Crippen molar-refractivity contribution in [2.75, 3.05) is 26.9 Å². The lowest BCUT2D eigenvalue weighted by molar-refractivity contribution is 0.146. The zero-order valence-corrected chi connectivity index (χ0v) is 10.3. The molecular weight excluding hydrogens is 226 g/mol. The van der Waals surface area contributed by atoms with Crippen LogP contribution in [0.1, 0.15) is 11.1 Å². The third kappa shape index (κ3) is 3.37. The molecule has 90 valence electrons. The van der Waals surface area contributed by atoms with Gasteiger partial charge in [0.15, 0.2) is 0 Å². The second kappa shape index (κ2) is 6.74. The molecule has 0 amide bonds. The fourth-order valence-corrected chi connectivity index (χ4v) is 1.79. The molecule has 1 heterocycles. The zero-order valence-electron chi connectivity index (χ0n) is 9.49. The largest absolute Gasteiger partial charge is 0.491 e. The van der Waals surface area contributed by atoms with Crippen molar-refractivity contribution in [3.05, 3.63) is 29.3 Å². The van der Waals surface area contributed by atoms with Crippen LogP contribution < -0.4 is 10.1 Å². The number of fused-ring (bicyclic) bond motifs is 1. The first kappa shape index (κ1) is 13.3. The Hall–Kier alpha value is -0.770. The summed E-state index contributed by atoms with van der Waals surface area (Å²) in [5.74, 6) is 0.939. The maximum Gasteiger partial charge on any atom is 0.119 e. The van der Waals surface area contributed by atoms with Gasteiger partial charge in [0.05, 0.1) is 6.61 Å². The molecule has 0 saturated heterocycles. The number of methoxy groups -OCH3 is 1. The van der Waals surface area contributed by atoms with Gasteiger partial charge in [0.2, 0.25) is 0 Å². The van der Waals surface area contributed by atoms with Gasteiger partial charge in [0, 0.05) is 13.7 Å². The van der Waals surface area contributed by atoms with E-state index < -0.39 is 0 Å². The van der Waals surface area contributed by atoms with E-state index in [1.54, 1.807) is 7.11 Å². The van der Waals surface area contributed by atoms with Crippen molar-refractivity contribution in [3.63, 3.8) is 0 Å². The van der Waals surface area contributed by atoms with Crippen molar-refractivity contribution in [1.29, 1.82) is 0 Å². The summed E-state index contributed by atoms with van der Waals surface area (Å²) >= 11 is 0. The molecule has 0 radical (unpaired) electrons. The van der Waals surface area contributed by atoms with Gasteiger partial charge in [0.1, 0.15) is 12.4 Å². The number of halogens is 1. The van der Waals surface area contributed by atoms with Gasteiger partial charge >= 0.3 is 0 Å². The van der Waals surface area contributed by atoms with E-state index in [0.717, 1.165) is 25.3 Å². The smallest absolute Gasteiger partial charge is 0.119 e. The quantitative estimate of drug-likeness (QED) is 0.818. The second-order valence-electron chi connectivity index (χ2n) is 3.70. The normalized spacial score (nSPS) is 13.8. The number of hydrogen-bond acceptors (Lipinski definition) is 3. The fraction of sp³-hybridized carbons (Fsp3) is 0.500. The van der Waals surface area contributed by atoms with Gasteiger partial charge < -0.3 is 14.8 Å². The molecular formula is C12H18ClNO2. The van der Waals surface area contributed by atoms with Gasteiger partial charge in [0.25, 0.3) is 0 Å². The summed E-state index contributed by atoms with van der Waals surface area (Å²) in [4.78, 5) is 0. The third-order valence-corrected chi connectivity index (χ3v) is 2.62. The zero-order chi connectivity index (χ0) is 10.5. The molecule has 0 bridgehead atoms. The lowest BCUT2D eigenvalue weighted by atomic mass is 10.0. The second-order valence-corrected chi connectivity index (χ2v) is 3.70. The van der Waals surface area contributed by atoms with E-state index in [4.69, 9.17) is 9.47 Å². The molecule has 1 N–H and O–H groups in total.